The van der Waals surface area contributed by atoms with Gasteiger partial charge in [0.15, 0.2) is 11.5 Å². The van der Waals surface area contributed by atoms with E-state index in [-0.39, 0.29) is 11.8 Å². The number of nitrogens with one attached hydrogen (secondary N) is 1. The number of carbonyl (C=O) groups is 2. The summed E-state index contributed by atoms with van der Waals surface area (Å²) in [7, 11) is 1.60. The van der Waals surface area contributed by atoms with Crippen LogP contribution >= 0.6 is 0 Å². The second-order valence-electron chi connectivity index (χ2n) is 11.1. The van der Waals surface area contributed by atoms with E-state index in [1.54, 1.807) is 42.3 Å². The summed E-state index contributed by atoms with van der Waals surface area (Å²) in [6.07, 6.45) is 5.99. The van der Waals surface area contributed by atoms with Crippen LogP contribution in [0.3, 0.4) is 0 Å². The molecule has 2 aromatic carbocycles. The van der Waals surface area contributed by atoms with E-state index in [0.29, 0.717) is 60.2 Å². The predicted molar refractivity (Wildman–Crippen MR) is 168 cm³/mol. The summed E-state index contributed by atoms with van der Waals surface area (Å²) in [5.41, 5.74) is 2.59. The number of likely N-dealkylation sites (tertiary alicyclic amines) is 1. The number of methoxy groups -OCH3 is 1. The van der Waals surface area contributed by atoms with Crippen LogP contribution in [0.15, 0.2) is 67.0 Å². The van der Waals surface area contributed by atoms with Gasteiger partial charge >= 0.3 is 0 Å². The lowest BCUT2D eigenvalue weighted by atomic mass is 9.88. The van der Waals surface area contributed by atoms with Crippen molar-refractivity contribution in [2.45, 2.75) is 52.0 Å². The van der Waals surface area contributed by atoms with Gasteiger partial charge in [-0.15, -0.1) is 0 Å². The molecule has 9 nitrogen and oxygen atoms in total. The first-order chi connectivity index (χ1) is 20.9. The molecule has 0 bridgehead atoms. The Bertz CT molecular complexity index is 1560. The number of anilines is 1. The van der Waals surface area contributed by atoms with Crippen molar-refractivity contribution >= 4 is 28.5 Å². The average molecular weight is 585 g/mol. The van der Waals surface area contributed by atoms with Crippen molar-refractivity contribution in [2.75, 3.05) is 38.7 Å². The van der Waals surface area contributed by atoms with Gasteiger partial charge in [-0.2, -0.15) is 0 Å². The van der Waals surface area contributed by atoms with Crippen LogP contribution in [0.4, 0.5) is 5.82 Å². The monoisotopic (exact) mass is 584 g/mol. The lowest BCUT2D eigenvalue weighted by Crippen LogP contribution is -2.37. The molecule has 1 fully saturated rings. The smallest absolute Gasteiger partial charge is 0.256 e. The molecule has 1 aliphatic heterocycles. The molecule has 1 N–H and O–H groups in total. The summed E-state index contributed by atoms with van der Waals surface area (Å²) in [4.78, 5) is 32.3. The second-order valence-corrected chi connectivity index (χ2v) is 11.1. The Hall–Kier alpha value is -4.21. The fourth-order valence-electron chi connectivity index (χ4n) is 5.47. The Labute approximate surface area is 252 Å². The highest BCUT2D eigenvalue weighted by atomic mass is 16.5. The maximum atomic E-state index is 13.1. The normalized spacial score (nSPS) is 14.3. The summed E-state index contributed by atoms with van der Waals surface area (Å²) in [6.45, 7) is 9.24. The third kappa shape index (κ3) is 7.24. The van der Waals surface area contributed by atoms with Gasteiger partial charge in [-0.3, -0.25) is 14.2 Å². The van der Waals surface area contributed by atoms with Gasteiger partial charge in [0.1, 0.15) is 18.2 Å². The van der Waals surface area contributed by atoms with E-state index >= 15 is 0 Å². The quantitative estimate of drug-likeness (QED) is 0.195. The number of benzene rings is 2. The van der Waals surface area contributed by atoms with E-state index in [0.717, 1.165) is 36.8 Å². The maximum absolute atomic E-state index is 13.1. The van der Waals surface area contributed by atoms with Crippen LogP contribution < -0.4 is 14.8 Å². The standard InChI is InChI=1S/C34H40N4O5/c1-5-33(39)38-17-13-27-20-31(30(22-29(27)38)42-19-18-41-4)43-28-10-14-35-32(21-28)36-34(40)26-8-6-24(7-9-26)25-11-15-37(16-12-25)23(2)3/h6-10,13-14,17,20-23,25H,5,11-12,15-16,18-19H2,1-4H3,(H,35,36,40). The van der Waals surface area contributed by atoms with Crippen LogP contribution in [0.5, 0.6) is 17.2 Å². The number of rotatable bonds is 11. The number of nitrogens with zero attached hydrogens (tertiary/aromatic N) is 3. The molecule has 0 unspecified atom stereocenters. The lowest BCUT2D eigenvalue weighted by Gasteiger charge is -2.34. The Morgan fingerprint density at radius 3 is 2.47 bits per heavy atom. The van der Waals surface area contributed by atoms with Crippen LogP contribution in [-0.4, -0.2) is 65.7 Å². The highest BCUT2D eigenvalue weighted by molar-refractivity contribution is 6.03. The fourth-order valence-corrected chi connectivity index (χ4v) is 5.47. The molecule has 0 saturated carbocycles. The zero-order valence-electron chi connectivity index (χ0n) is 25.3. The van der Waals surface area contributed by atoms with Crippen molar-refractivity contribution in [3.63, 3.8) is 0 Å². The van der Waals surface area contributed by atoms with Crippen LogP contribution in [0.25, 0.3) is 10.9 Å². The molecule has 0 radical (unpaired) electrons. The van der Waals surface area contributed by atoms with Gasteiger partial charge in [-0.1, -0.05) is 19.1 Å². The molecular weight excluding hydrogens is 544 g/mol. The molecule has 4 aromatic rings. The third-order valence-corrected chi connectivity index (χ3v) is 7.98. The van der Waals surface area contributed by atoms with E-state index in [1.165, 1.54) is 5.56 Å². The van der Waals surface area contributed by atoms with Gasteiger partial charge in [0.2, 0.25) is 5.91 Å². The zero-order valence-corrected chi connectivity index (χ0v) is 25.3. The lowest BCUT2D eigenvalue weighted by molar-refractivity contribution is 0.0913. The first-order valence-corrected chi connectivity index (χ1v) is 15.0. The molecule has 1 saturated heterocycles. The number of aromatic nitrogens is 2. The molecule has 3 heterocycles. The highest BCUT2D eigenvalue weighted by Gasteiger charge is 2.22. The Morgan fingerprint density at radius 2 is 1.77 bits per heavy atom. The number of amides is 1. The van der Waals surface area contributed by atoms with Crippen molar-refractivity contribution in [1.29, 1.82) is 0 Å². The van der Waals surface area contributed by atoms with E-state index in [2.05, 4.69) is 41.2 Å². The Balaban J connectivity index is 1.28. The summed E-state index contributed by atoms with van der Waals surface area (Å²) in [5.74, 6) is 2.08. The minimum absolute atomic E-state index is 0.0115. The SMILES string of the molecule is CCC(=O)n1ccc2cc(Oc3ccnc(NC(=O)c4ccc(C5CCN(C(C)C)CC5)cc4)c3)c(OCCOC)cc21. The summed E-state index contributed by atoms with van der Waals surface area (Å²) in [5, 5.41) is 3.72. The molecular formula is C34H40N4O5. The largest absolute Gasteiger partial charge is 0.487 e. The first-order valence-electron chi connectivity index (χ1n) is 15.0. The first kappa shape index (κ1) is 30.3. The molecule has 43 heavy (non-hydrogen) atoms. The molecule has 1 aliphatic rings. The summed E-state index contributed by atoms with van der Waals surface area (Å²) in [6, 6.07) is 17.4. The van der Waals surface area contributed by atoms with Gasteiger partial charge in [0.25, 0.3) is 5.91 Å². The summed E-state index contributed by atoms with van der Waals surface area (Å²) < 4.78 is 18.9. The van der Waals surface area contributed by atoms with E-state index < -0.39 is 0 Å². The molecule has 2 aromatic heterocycles. The molecule has 5 rings (SSSR count). The van der Waals surface area contributed by atoms with Gasteiger partial charge in [-0.25, -0.2) is 4.98 Å². The van der Waals surface area contributed by atoms with Crippen LogP contribution in [0.1, 0.15) is 66.7 Å². The molecule has 1 amide bonds. The number of piperidine rings is 1. The maximum Gasteiger partial charge on any atom is 0.256 e. The van der Waals surface area contributed by atoms with Crippen molar-refractivity contribution in [1.82, 2.24) is 14.5 Å². The third-order valence-electron chi connectivity index (χ3n) is 7.98. The minimum atomic E-state index is -0.238. The second kappa shape index (κ2) is 13.8. The Morgan fingerprint density at radius 1 is 1.00 bits per heavy atom. The topological polar surface area (TPSA) is 94.9 Å². The summed E-state index contributed by atoms with van der Waals surface area (Å²) >= 11 is 0. The van der Waals surface area contributed by atoms with Crippen molar-refractivity contribution < 1.29 is 23.8 Å². The van der Waals surface area contributed by atoms with E-state index in [1.807, 2.05) is 31.2 Å². The van der Waals surface area contributed by atoms with Gasteiger partial charge < -0.3 is 24.4 Å². The molecule has 0 spiro atoms. The number of hydrogen-bond acceptors (Lipinski definition) is 7. The minimum Gasteiger partial charge on any atom is -0.487 e. The fraction of sp³-hybridized carbons (Fsp3) is 0.382. The van der Waals surface area contributed by atoms with Crippen molar-refractivity contribution in [3.8, 4) is 17.2 Å². The number of hydrogen-bond donors (Lipinski definition) is 1. The van der Waals surface area contributed by atoms with Gasteiger partial charge in [0, 0.05) is 55.0 Å². The Kier molecular flexibility index (Phi) is 9.74. The van der Waals surface area contributed by atoms with Gasteiger partial charge in [-0.05, 0) is 81.6 Å². The molecule has 226 valence electrons. The van der Waals surface area contributed by atoms with Crippen LogP contribution in [0.2, 0.25) is 0 Å². The average Bonchev–Trinajstić information content (AvgIpc) is 3.43. The van der Waals surface area contributed by atoms with Crippen molar-refractivity contribution in [2.24, 2.45) is 0 Å². The van der Waals surface area contributed by atoms with E-state index in [4.69, 9.17) is 14.2 Å². The zero-order chi connectivity index (χ0) is 30.3. The predicted octanol–water partition coefficient (Wildman–Crippen LogP) is 6.74. The van der Waals surface area contributed by atoms with Crippen LogP contribution in [-0.2, 0) is 4.74 Å². The highest BCUT2D eigenvalue weighted by Crippen LogP contribution is 2.37. The molecule has 0 aliphatic carbocycles. The molecule has 9 heteroatoms. The van der Waals surface area contributed by atoms with E-state index in [9.17, 15) is 9.59 Å². The number of ether oxygens (including phenoxy) is 3. The molecule has 0 atom stereocenters. The number of fused-ring (bicyclic) bond motifs is 1. The number of pyridine rings is 1. The number of carbonyl (C=O) groups excluding carboxylic acids is 2. The van der Waals surface area contributed by atoms with Gasteiger partial charge in [0.05, 0.1) is 12.1 Å². The van der Waals surface area contributed by atoms with Crippen molar-refractivity contribution in [3.05, 3.63) is 78.1 Å². The van der Waals surface area contributed by atoms with Crippen LogP contribution in [0, 0.1) is 0 Å².